The number of benzene rings is 1. The highest BCUT2D eigenvalue weighted by Gasteiger charge is 2.24. The van der Waals surface area contributed by atoms with Crippen molar-refractivity contribution in [3.05, 3.63) is 34.9 Å². The van der Waals surface area contributed by atoms with Gasteiger partial charge in [-0.3, -0.25) is 0 Å². The van der Waals surface area contributed by atoms with Crippen LogP contribution in [0.2, 0.25) is 5.02 Å². The summed E-state index contributed by atoms with van der Waals surface area (Å²) in [4.78, 5) is 11.9. The Morgan fingerprint density at radius 1 is 1.11 bits per heavy atom. The van der Waals surface area contributed by atoms with Crippen molar-refractivity contribution in [2.24, 2.45) is 0 Å². The summed E-state index contributed by atoms with van der Waals surface area (Å²) in [7, 11) is 0. The molecule has 0 heterocycles. The first-order chi connectivity index (χ1) is 8.10. The van der Waals surface area contributed by atoms with E-state index in [2.05, 4.69) is 10.6 Å². The Morgan fingerprint density at radius 3 is 2.22 bits per heavy atom. The molecule has 0 aliphatic carbocycles. The molecule has 2 N–H and O–H groups in total. The molecule has 0 unspecified atom stereocenters. The van der Waals surface area contributed by atoms with Crippen LogP contribution in [-0.2, 0) is 5.54 Å². The van der Waals surface area contributed by atoms with E-state index in [1.165, 1.54) is 0 Å². The number of halogens is 1. The summed E-state index contributed by atoms with van der Waals surface area (Å²) in [6.07, 6.45) is 0. The first kappa shape index (κ1) is 14.8. The fourth-order valence-corrected chi connectivity index (χ4v) is 1.80. The van der Waals surface area contributed by atoms with Gasteiger partial charge in [-0.2, -0.15) is 0 Å². The standard InChI is InChI=1S/C14H21ClN2O/c1-13(2,3)16-12(18)17-14(4,5)10-7-6-8-11(15)9-10/h6-9H,1-5H3,(H2,16,17,18). The van der Waals surface area contributed by atoms with Crippen LogP contribution in [-0.4, -0.2) is 11.6 Å². The summed E-state index contributed by atoms with van der Waals surface area (Å²) >= 11 is 5.97. The lowest BCUT2D eigenvalue weighted by atomic mass is 9.94. The van der Waals surface area contributed by atoms with Crippen LogP contribution in [0.1, 0.15) is 40.2 Å². The van der Waals surface area contributed by atoms with Crippen molar-refractivity contribution in [2.45, 2.75) is 45.7 Å². The molecule has 0 saturated heterocycles. The number of hydrogen-bond acceptors (Lipinski definition) is 1. The van der Waals surface area contributed by atoms with E-state index in [-0.39, 0.29) is 11.6 Å². The second-order valence-electron chi connectivity index (χ2n) is 5.96. The highest BCUT2D eigenvalue weighted by molar-refractivity contribution is 6.30. The third kappa shape index (κ3) is 4.57. The molecule has 0 aromatic heterocycles. The predicted molar refractivity (Wildman–Crippen MR) is 75.9 cm³/mol. The van der Waals surface area contributed by atoms with E-state index in [4.69, 9.17) is 11.6 Å². The summed E-state index contributed by atoms with van der Waals surface area (Å²) in [6.45, 7) is 9.72. The molecule has 0 atom stereocenters. The third-order valence-electron chi connectivity index (χ3n) is 2.46. The predicted octanol–water partition coefficient (Wildman–Crippen LogP) is 3.67. The average Bonchev–Trinajstić information content (AvgIpc) is 2.13. The summed E-state index contributed by atoms with van der Waals surface area (Å²) in [5.41, 5.74) is 0.244. The molecule has 0 fully saturated rings. The van der Waals surface area contributed by atoms with Gasteiger partial charge in [-0.25, -0.2) is 4.79 Å². The Kier molecular flexibility index (Phi) is 4.28. The lowest BCUT2D eigenvalue weighted by molar-refractivity contribution is 0.221. The fourth-order valence-electron chi connectivity index (χ4n) is 1.61. The maximum absolute atomic E-state index is 11.9. The molecular formula is C14H21ClN2O. The molecule has 0 aliphatic heterocycles. The SMILES string of the molecule is CC(C)(C)NC(=O)NC(C)(C)c1cccc(Cl)c1. The minimum atomic E-state index is -0.472. The van der Waals surface area contributed by atoms with Crippen molar-refractivity contribution >= 4 is 17.6 Å². The smallest absolute Gasteiger partial charge is 0.315 e. The minimum Gasteiger partial charge on any atom is -0.334 e. The number of rotatable bonds is 2. The average molecular weight is 269 g/mol. The summed E-state index contributed by atoms with van der Waals surface area (Å²) in [5.74, 6) is 0. The number of carbonyl (C=O) groups is 1. The number of nitrogens with one attached hydrogen (secondary N) is 2. The zero-order valence-electron chi connectivity index (χ0n) is 11.6. The number of carbonyl (C=O) groups excluding carboxylic acids is 1. The van der Waals surface area contributed by atoms with Gasteiger partial charge < -0.3 is 10.6 Å². The number of amides is 2. The van der Waals surface area contributed by atoms with Crippen LogP contribution in [0.5, 0.6) is 0 Å². The van der Waals surface area contributed by atoms with E-state index in [1.54, 1.807) is 0 Å². The maximum Gasteiger partial charge on any atom is 0.315 e. The molecule has 4 heteroatoms. The molecular weight excluding hydrogens is 248 g/mol. The Morgan fingerprint density at radius 2 is 1.72 bits per heavy atom. The van der Waals surface area contributed by atoms with Crippen LogP contribution in [0.15, 0.2) is 24.3 Å². The van der Waals surface area contributed by atoms with E-state index in [0.717, 1.165) is 5.56 Å². The monoisotopic (exact) mass is 268 g/mol. The zero-order chi connectivity index (χ0) is 14.0. The van der Waals surface area contributed by atoms with Gasteiger partial charge in [-0.1, -0.05) is 23.7 Å². The Hall–Kier alpha value is -1.22. The van der Waals surface area contributed by atoms with Crippen molar-refractivity contribution in [3.63, 3.8) is 0 Å². The molecule has 1 aromatic carbocycles. The molecule has 2 amide bonds. The largest absolute Gasteiger partial charge is 0.334 e. The zero-order valence-corrected chi connectivity index (χ0v) is 12.4. The van der Waals surface area contributed by atoms with E-state index < -0.39 is 5.54 Å². The van der Waals surface area contributed by atoms with Gasteiger partial charge in [-0.05, 0) is 52.3 Å². The highest BCUT2D eigenvalue weighted by atomic mass is 35.5. The molecule has 1 aromatic rings. The van der Waals surface area contributed by atoms with Gasteiger partial charge in [0.1, 0.15) is 0 Å². The van der Waals surface area contributed by atoms with Crippen LogP contribution in [0.4, 0.5) is 4.79 Å². The van der Waals surface area contributed by atoms with E-state index in [0.29, 0.717) is 5.02 Å². The van der Waals surface area contributed by atoms with E-state index in [1.807, 2.05) is 58.9 Å². The van der Waals surface area contributed by atoms with Gasteiger partial charge in [0.25, 0.3) is 0 Å². The third-order valence-corrected chi connectivity index (χ3v) is 2.70. The molecule has 18 heavy (non-hydrogen) atoms. The molecule has 0 aliphatic rings. The van der Waals surface area contributed by atoms with Gasteiger partial charge in [0.05, 0.1) is 5.54 Å². The van der Waals surface area contributed by atoms with Gasteiger partial charge in [-0.15, -0.1) is 0 Å². The lowest BCUT2D eigenvalue weighted by Gasteiger charge is -2.30. The minimum absolute atomic E-state index is 0.188. The molecule has 0 saturated carbocycles. The quantitative estimate of drug-likeness (QED) is 0.844. The Balaban J connectivity index is 2.79. The first-order valence-electron chi connectivity index (χ1n) is 5.96. The van der Waals surface area contributed by atoms with Crippen LogP contribution < -0.4 is 10.6 Å². The Labute approximate surface area is 114 Å². The molecule has 100 valence electrons. The second-order valence-corrected chi connectivity index (χ2v) is 6.40. The maximum atomic E-state index is 11.9. The number of urea groups is 1. The molecule has 1 rings (SSSR count). The summed E-state index contributed by atoms with van der Waals surface area (Å²) in [6, 6.07) is 7.31. The molecule has 0 radical (unpaired) electrons. The van der Waals surface area contributed by atoms with Gasteiger partial charge in [0.2, 0.25) is 0 Å². The van der Waals surface area contributed by atoms with Crippen molar-refractivity contribution in [1.82, 2.24) is 10.6 Å². The second kappa shape index (κ2) is 5.19. The topological polar surface area (TPSA) is 41.1 Å². The van der Waals surface area contributed by atoms with Crippen molar-refractivity contribution in [3.8, 4) is 0 Å². The van der Waals surface area contributed by atoms with E-state index >= 15 is 0 Å². The van der Waals surface area contributed by atoms with Gasteiger partial charge in [0, 0.05) is 10.6 Å². The van der Waals surface area contributed by atoms with Crippen LogP contribution in [0.3, 0.4) is 0 Å². The first-order valence-corrected chi connectivity index (χ1v) is 6.34. The van der Waals surface area contributed by atoms with Crippen LogP contribution in [0.25, 0.3) is 0 Å². The molecule has 0 spiro atoms. The lowest BCUT2D eigenvalue weighted by Crippen LogP contribution is -2.52. The Bertz CT molecular complexity index is 436. The molecule has 0 bridgehead atoms. The van der Waals surface area contributed by atoms with Gasteiger partial charge >= 0.3 is 6.03 Å². The number of hydrogen-bond donors (Lipinski definition) is 2. The van der Waals surface area contributed by atoms with E-state index in [9.17, 15) is 4.79 Å². The van der Waals surface area contributed by atoms with Crippen molar-refractivity contribution < 1.29 is 4.79 Å². The highest BCUT2D eigenvalue weighted by Crippen LogP contribution is 2.22. The summed E-state index contributed by atoms with van der Waals surface area (Å²) < 4.78 is 0. The summed E-state index contributed by atoms with van der Waals surface area (Å²) in [5, 5.41) is 6.49. The van der Waals surface area contributed by atoms with Crippen molar-refractivity contribution in [2.75, 3.05) is 0 Å². The molecule has 3 nitrogen and oxygen atoms in total. The fraction of sp³-hybridized carbons (Fsp3) is 0.500. The van der Waals surface area contributed by atoms with Crippen LogP contribution >= 0.6 is 11.6 Å². The van der Waals surface area contributed by atoms with Crippen molar-refractivity contribution in [1.29, 1.82) is 0 Å². The van der Waals surface area contributed by atoms with Gasteiger partial charge in [0.15, 0.2) is 0 Å². The van der Waals surface area contributed by atoms with Crippen LogP contribution in [0, 0.1) is 0 Å². The normalized spacial score (nSPS) is 12.1.